The fourth-order valence-electron chi connectivity index (χ4n) is 3.44. The van der Waals surface area contributed by atoms with E-state index in [1.807, 2.05) is 24.3 Å². The number of rotatable bonds is 6. The van der Waals surface area contributed by atoms with Crippen LogP contribution in [0.5, 0.6) is 5.75 Å². The van der Waals surface area contributed by atoms with Crippen LogP contribution < -0.4 is 10.3 Å². The first-order valence-electron chi connectivity index (χ1n) is 9.30. The van der Waals surface area contributed by atoms with E-state index in [2.05, 4.69) is 17.2 Å². The van der Waals surface area contributed by atoms with Crippen molar-refractivity contribution in [1.82, 2.24) is 15.0 Å². The van der Waals surface area contributed by atoms with Gasteiger partial charge in [0.25, 0.3) is 5.56 Å². The largest absolute Gasteiger partial charge is 0.494 e. The molecular weight excluding hydrogens is 346 g/mol. The van der Waals surface area contributed by atoms with E-state index in [4.69, 9.17) is 4.74 Å². The van der Waals surface area contributed by atoms with Crippen molar-refractivity contribution in [2.24, 2.45) is 0 Å². The van der Waals surface area contributed by atoms with Crippen LogP contribution in [0.2, 0.25) is 0 Å². The summed E-state index contributed by atoms with van der Waals surface area (Å²) in [7, 11) is 0. The summed E-state index contributed by atoms with van der Waals surface area (Å²) in [6.45, 7) is 3.29. The van der Waals surface area contributed by atoms with Gasteiger partial charge in [0.05, 0.1) is 12.0 Å². The minimum Gasteiger partial charge on any atom is -0.494 e. The molecule has 1 aromatic carbocycles. The molecule has 0 bridgehead atoms. The number of benzene rings is 1. The Balaban J connectivity index is 1.37. The summed E-state index contributed by atoms with van der Waals surface area (Å²) in [5.74, 6) is 0.888. The molecule has 136 valence electrons. The van der Waals surface area contributed by atoms with Gasteiger partial charge in [-0.25, -0.2) is 4.68 Å². The van der Waals surface area contributed by atoms with Crippen LogP contribution >= 0.6 is 11.3 Å². The van der Waals surface area contributed by atoms with E-state index in [1.54, 1.807) is 11.3 Å². The summed E-state index contributed by atoms with van der Waals surface area (Å²) in [6.07, 6.45) is 6.17. The van der Waals surface area contributed by atoms with Gasteiger partial charge in [0.1, 0.15) is 5.75 Å². The molecule has 0 saturated carbocycles. The smallest absolute Gasteiger partial charge is 0.278 e. The number of hydrogen-bond acceptors (Lipinski definition) is 5. The maximum atomic E-state index is 12.8. The van der Waals surface area contributed by atoms with Crippen LogP contribution in [0, 0.1) is 6.92 Å². The van der Waals surface area contributed by atoms with Gasteiger partial charge < -0.3 is 4.74 Å². The zero-order valence-electron chi connectivity index (χ0n) is 15.0. The maximum Gasteiger partial charge on any atom is 0.278 e. The highest BCUT2D eigenvalue weighted by Crippen LogP contribution is 2.33. The molecule has 0 fully saturated rings. The SMILES string of the molecule is Cc1ccc(OCCCCn2nnc3sc4c(c3c2=O)CCCC4)cc1. The highest BCUT2D eigenvalue weighted by Gasteiger charge is 2.20. The first-order valence-corrected chi connectivity index (χ1v) is 10.1. The molecule has 0 N–H and O–H groups in total. The van der Waals surface area contributed by atoms with Crippen molar-refractivity contribution < 1.29 is 4.74 Å². The Kier molecular flexibility index (Phi) is 5.02. The summed E-state index contributed by atoms with van der Waals surface area (Å²) in [5, 5.41) is 9.26. The van der Waals surface area contributed by atoms with Gasteiger partial charge >= 0.3 is 0 Å². The fraction of sp³-hybridized carbons (Fsp3) is 0.450. The molecule has 0 saturated heterocycles. The van der Waals surface area contributed by atoms with Gasteiger partial charge in [-0.1, -0.05) is 22.9 Å². The summed E-state index contributed by atoms with van der Waals surface area (Å²) >= 11 is 1.65. The van der Waals surface area contributed by atoms with Gasteiger partial charge in [-0.3, -0.25) is 4.79 Å². The molecule has 0 aliphatic heterocycles. The minimum atomic E-state index is 0.0221. The van der Waals surface area contributed by atoms with Gasteiger partial charge in [-0.15, -0.1) is 16.4 Å². The van der Waals surface area contributed by atoms with Gasteiger partial charge in [-0.2, -0.15) is 0 Å². The van der Waals surface area contributed by atoms with Gasteiger partial charge in [0.2, 0.25) is 0 Å². The summed E-state index contributed by atoms with van der Waals surface area (Å²) in [5.41, 5.74) is 2.47. The third-order valence-electron chi connectivity index (χ3n) is 4.90. The number of unbranched alkanes of at least 4 members (excludes halogenated alkanes) is 1. The van der Waals surface area contributed by atoms with Crippen LogP contribution in [-0.2, 0) is 19.4 Å². The molecule has 2 heterocycles. The number of ether oxygens (including phenoxy) is 1. The molecule has 0 atom stereocenters. The second kappa shape index (κ2) is 7.58. The Bertz CT molecular complexity index is 960. The summed E-state index contributed by atoms with van der Waals surface area (Å²) in [6, 6.07) is 8.06. The summed E-state index contributed by atoms with van der Waals surface area (Å²) < 4.78 is 7.26. The number of nitrogens with zero attached hydrogens (tertiary/aromatic N) is 3. The molecule has 0 unspecified atom stereocenters. The van der Waals surface area contributed by atoms with E-state index in [9.17, 15) is 4.79 Å². The van der Waals surface area contributed by atoms with Crippen molar-refractivity contribution in [3.05, 3.63) is 50.6 Å². The van der Waals surface area contributed by atoms with E-state index in [0.29, 0.717) is 13.2 Å². The van der Waals surface area contributed by atoms with E-state index in [1.165, 1.54) is 27.1 Å². The molecule has 0 amide bonds. The average molecular weight is 369 g/mol. The van der Waals surface area contributed by atoms with E-state index in [-0.39, 0.29) is 5.56 Å². The zero-order valence-corrected chi connectivity index (χ0v) is 15.8. The van der Waals surface area contributed by atoms with Gasteiger partial charge in [0, 0.05) is 11.4 Å². The summed E-state index contributed by atoms with van der Waals surface area (Å²) in [4.78, 5) is 15.0. The van der Waals surface area contributed by atoms with Crippen molar-refractivity contribution in [3.8, 4) is 5.75 Å². The average Bonchev–Trinajstić information content (AvgIpc) is 3.04. The topological polar surface area (TPSA) is 57.0 Å². The lowest BCUT2D eigenvalue weighted by Gasteiger charge is -2.10. The van der Waals surface area contributed by atoms with Crippen LogP contribution in [0.1, 0.15) is 41.7 Å². The number of thiophene rings is 1. The third-order valence-corrected chi connectivity index (χ3v) is 6.07. The first-order chi connectivity index (χ1) is 12.7. The molecular formula is C20H23N3O2S. The van der Waals surface area contributed by atoms with Crippen molar-refractivity contribution in [2.45, 2.75) is 52.0 Å². The Morgan fingerprint density at radius 2 is 1.96 bits per heavy atom. The Morgan fingerprint density at radius 1 is 1.15 bits per heavy atom. The van der Waals surface area contributed by atoms with Crippen LogP contribution in [-0.4, -0.2) is 21.6 Å². The minimum absolute atomic E-state index is 0.0221. The van der Waals surface area contributed by atoms with Crippen molar-refractivity contribution >= 4 is 21.6 Å². The predicted molar refractivity (Wildman–Crippen MR) is 104 cm³/mol. The van der Waals surface area contributed by atoms with Crippen molar-refractivity contribution in [1.29, 1.82) is 0 Å². The Labute approximate surface area is 156 Å². The van der Waals surface area contributed by atoms with Crippen LogP contribution in [0.25, 0.3) is 10.2 Å². The monoisotopic (exact) mass is 369 g/mol. The lowest BCUT2D eigenvalue weighted by molar-refractivity contribution is 0.300. The maximum absolute atomic E-state index is 12.8. The molecule has 5 nitrogen and oxygen atoms in total. The quantitative estimate of drug-likeness (QED) is 0.619. The number of aromatic nitrogens is 3. The van der Waals surface area contributed by atoms with Gasteiger partial charge in [0.15, 0.2) is 4.83 Å². The van der Waals surface area contributed by atoms with Crippen LogP contribution in [0.15, 0.2) is 29.1 Å². The molecule has 3 aromatic rings. The number of aryl methyl sites for hydroxylation is 4. The zero-order chi connectivity index (χ0) is 17.9. The molecule has 2 aromatic heterocycles. The molecule has 0 radical (unpaired) electrons. The molecule has 6 heteroatoms. The number of fused-ring (bicyclic) bond motifs is 3. The van der Waals surface area contributed by atoms with E-state index < -0.39 is 0 Å². The van der Waals surface area contributed by atoms with Crippen LogP contribution in [0.4, 0.5) is 0 Å². The highest BCUT2D eigenvalue weighted by atomic mass is 32.1. The molecule has 1 aliphatic carbocycles. The number of hydrogen-bond donors (Lipinski definition) is 0. The van der Waals surface area contributed by atoms with E-state index in [0.717, 1.165) is 48.1 Å². The molecule has 1 aliphatic rings. The standard InChI is InChI=1S/C20H23N3O2S/c1-14-8-10-15(11-9-14)25-13-5-4-12-23-20(24)18-16-6-2-3-7-17(16)26-19(18)21-22-23/h8-11H,2-7,12-13H2,1H3. The van der Waals surface area contributed by atoms with Crippen molar-refractivity contribution in [2.75, 3.05) is 6.61 Å². The van der Waals surface area contributed by atoms with Gasteiger partial charge in [-0.05, 0) is 63.1 Å². The predicted octanol–water partition coefficient (Wildman–Crippen LogP) is 3.90. The molecule has 0 spiro atoms. The fourth-order valence-corrected chi connectivity index (χ4v) is 4.64. The second-order valence-corrected chi connectivity index (χ2v) is 7.96. The van der Waals surface area contributed by atoms with Crippen molar-refractivity contribution in [3.63, 3.8) is 0 Å². The Hall–Kier alpha value is -2.21. The third kappa shape index (κ3) is 3.51. The molecule has 4 rings (SSSR count). The first kappa shape index (κ1) is 17.2. The molecule has 26 heavy (non-hydrogen) atoms. The lowest BCUT2D eigenvalue weighted by atomic mass is 9.97. The van der Waals surface area contributed by atoms with Crippen LogP contribution in [0.3, 0.4) is 0 Å². The lowest BCUT2D eigenvalue weighted by Crippen LogP contribution is -2.25. The highest BCUT2D eigenvalue weighted by molar-refractivity contribution is 7.18. The Morgan fingerprint density at radius 3 is 2.81 bits per heavy atom. The normalized spacial score (nSPS) is 13.7. The van der Waals surface area contributed by atoms with E-state index >= 15 is 0 Å². The second-order valence-electron chi connectivity index (χ2n) is 6.88.